The molecule has 5 nitrogen and oxygen atoms in total. The molecule has 4 aromatic rings. The molecule has 0 saturated carbocycles. The third kappa shape index (κ3) is 3.80. The van der Waals surface area contributed by atoms with Crippen molar-refractivity contribution in [1.82, 2.24) is 9.97 Å². The number of anilines is 1. The van der Waals surface area contributed by atoms with Gasteiger partial charge >= 0.3 is 0 Å². The van der Waals surface area contributed by atoms with E-state index in [1.54, 1.807) is 0 Å². The van der Waals surface area contributed by atoms with Crippen LogP contribution < -0.4 is 5.32 Å². The molecule has 154 valence electrons. The smallest absolute Gasteiger partial charge is 0.229 e. The molecule has 0 unspecified atom stereocenters. The average Bonchev–Trinajstić information content (AvgIpc) is 2.79. The lowest BCUT2D eigenvalue weighted by molar-refractivity contribution is -0.115. The van der Waals surface area contributed by atoms with Crippen LogP contribution in [0, 0.1) is 6.92 Å². The molecule has 1 aromatic heterocycles. The van der Waals surface area contributed by atoms with Gasteiger partial charge in [-0.15, -0.1) is 0 Å². The van der Waals surface area contributed by atoms with Gasteiger partial charge in [-0.05, 0) is 47.2 Å². The molecule has 2 N–H and O–H groups in total. The Hall–Kier alpha value is -3.57. The zero-order chi connectivity index (χ0) is 21.4. The van der Waals surface area contributed by atoms with Gasteiger partial charge in [0, 0.05) is 5.56 Å². The Morgan fingerprint density at radius 2 is 1.77 bits per heavy atom. The van der Waals surface area contributed by atoms with Crippen LogP contribution in [0.1, 0.15) is 28.1 Å². The number of aromatic nitrogens is 2. The molecule has 5 rings (SSSR count). The molecule has 0 spiro atoms. The Balaban J connectivity index is 1.38. The zero-order valence-electron chi connectivity index (χ0n) is 17.4. The summed E-state index contributed by atoms with van der Waals surface area (Å²) in [6.07, 6.45) is 1.90. The lowest BCUT2D eigenvalue weighted by Gasteiger charge is -2.20. The monoisotopic (exact) mass is 409 g/mol. The molecule has 0 aliphatic heterocycles. The number of fused-ring (bicyclic) bond motifs is 4. The van der Waals surface area contributed by atoms with Crippen LogP contribution >= 0.6 is 0 Å². The topological polar surface area (TPSA) is 75.1 Å². The van der Waals surface area contributed by atoms with Crippen LogP contribution in [0.4, 0.5) is 5.82 Å². The normalized spacial score (nSPS) is 12.3. The predicted octanol–water partition coefficient (Wildman–Crippen LogP) is 4.38. The first-order chi connectivity index (χ1) is 15.1. The number of aliphatic hydroxyl groups is 1. The number of hydrogen-bond donors (Lipinski definition) is 2. The summed E-state index contributed by atoms with van der Waals surface area (Å²) >= 11 is 0. The number of nitrogens with zero attached hydrogens (tertiary/aromatic N) is 2. The lowest BCUT2D eigenvalue weighted by Crippen LogP contribution is -2.19. The van der Waals surface area contributed by atoms with Crippen molar-refractivity contribution in [2.24, 2.45) is 0 Å². The van der Waals surface area contributed by atoms with E-state index in [0.29, 0.717) is 11.5 Å². The van der Waals surface area contributed by atoms with Crippen LogP contribution in [-0.4, -0.2) is 21.0 Å². The second-order valence-corrected chi connectivity index (χ2v) is 8.01. The standard InChI is InChI=1S/C26H23N3O2/c1-16-26(29-24(31)14-17-6-8-19-4-2-3-5-20(19)12-17)28-23-11-9-21-13-18(15-30)7-10-22(21)25(23)27-16/h2-8,10,12-13,30H,9,11,14-15H2,1H3,(H,28,29,31). The van der Waals surface area contributed by atoms with Gasteiger partial charge in [-0.3, -0.25) is 4.79 Å². The van der Waals surface area contributed by atoms with Crippen LogP contribution in [-0.2, 0) is 30.7 Å². The van der Waals surface area contributed by atoms with Crippen LogP contribution in [0.5, 0.6) is 0 Å². The van der Waals surface area contributed by atoms with Crippen molar-refractivity contribution >= 4 is 22.5 Å². The van der Waals surface area contributed by atoms with Crippen molar-refractivity contribution in [3.8, 4) is 11.3 Å². The van der Waals surface area contributed by atoms with Gasteiger partial charge in [0.25, 0.3) is 0 Å². The quantitative estimate of drug-likeness (QED) is 0.525. The number of hydrogen-bond acceptors (Lipinski definition) is 4. The number of carbonyl (C=O) groups is 1. The molecular formula is C26H23N3O2. The molecule has 31 heavy (non-hydrogen) atoms. The Kier molecular flexibility index (Phi) is 4.96. The third-order valence-electron chi connectivity index (χ3n) is 5.82. The molecule has 0 saturated heterocycles. The van der Waals surface area contributed by atoms with E-state index in [0.717, 1.165) is 51.7 Å². The van der Waals surface area contributed by atoms with Crippen LogP contribution in [0.3, 0.4) is 0 Å². The van der Waals surface area contributed by atoms with E-state index in [9.17, 15) is 9.90 Å². The molecule has 1 aliphatic rings. The Labute approximate surface area is 180 Å². The summed E-state index contributed by atoms with van der Waals surface area (Å²) in [5, 5.41) is 14.6. The number of amides is 1. The highest BCUT2D eigenvalue weighted by Crippen LogP contribution is 2.33. The summed E-state index contributed by atoms with van der Waals surface area (Å²) < 4.78 is 0. The highest BCUT2D eigenvalue weighted by Gasteiger charge is 2.21. The molecule has 3 aromatic carbocycles. The van der Waals surface area contributed by atoms with E-state index in [-0.39, 0.29) is 18.9 Å². The molecule has 0 fully saturated rings. The molecule has 1 heterocycles. The van der Waals surface area contributed by atoms with Gasteiger partial charge in [0.05, 0.1) is 30.1 Å². The van der Waals surface area contributed by atoms with Gasteiger partial charge in [0.1, 0.15) is 0 Å². The highest BCUT2D eigenvalue weighted by atomic mass is 16.3. The Bertz CT molecular complexity index is 1310. The first kappa shape index (κ1) is 19.4. The Morgan fingerprint density at radius 3 is 2.61 bits per heavy atom. The predicted molar refractivity (Wildman–Crippen MR) is 122 cm³/mol. The summed E-state index contributed by atoms with van der Waals surface area (Å²) in [5.41, 5.74) is 6.58. The maximum Gasteiger partial charge on any atom is 0.229 e. The third-order valence-corrected chi connectivity index (χ3v) is 5.82. The molecule has 1 amide bonds. The molecule has 5 heteroatoms. The minimum Gasteiger partial charge on any atom is -0.392 e. The fraction of sp³-hybridized carbons (Fsp3) is 0.192. The molecule has 0 atom stereocenters. The van der Waals surface area contributed by atoms with Gasteiger partial charge in [0.2, 0.25) is 5.91 Å². The average molecular weight is 409 g/mol. The van der Waals surface area contributed by atoms with Crippen LogP contribution in [0.2, 0.25) is 0 Å². The van der Waals surface area contributed by atoms with Gasteiger partial charge in [0.15, 0.2) is 5.82 Å². The van der Waals surface area contributed by atoms with Crippen molar-refractivity contribution < 1.29 is 9.90 Å². The minimum atomic E-state index is -0.101. The van der Waals surface area contributed by atoms with Crippen LogP contribution in [0.15, 0.2) is 60.7 Å². The number of rotatable bonds is 4. The van der Waals surface area contributed by atoms with Gasteiger partial charge in [-0.25, -0.2) is 9.97 Å². The summed E-state index contributed by atoms with van der Waals surface area (Å²) in [4.78, 5) is 22.2. The minimum absolute atomic E-state index is 0.0347. The van der Waals surface area contributed by atoms with Crippen molar-refractivity contribution in [2.75, 3.05) is 5.32 Å². The number of aliphatic hydroxyl groups excluding tert-OH is 1. The second kappa shape index (κ2) is 7.93. The maximum atomic E-state index is 12.7. The SMILES string of the molecule is Cc1nc2c(nc1NC(=O)Cc1ccc3ccccc3c1)CCc1cc(CO)ccc1-2. The highest BCUT2D eigenvalue weighted by molar-refractivity contribution is 5.93. The van der Waals surface area contributed by atoms with E-state index in [2.05, 4.69) is 23.5 Å². The number of carbonyl (C=O) groups excluding carboxylic acids is 1. The van der Waals surface area contributed by atoms with E-state index in [4.69, 9.17) is 9.97 Å². The summed E-state index contributed by atoms with van der Waals surface area (Å²) in [6.45, 7) is 1.91. The molecular weight excluding hydrogens is 386 g/mol. The van der Waals surface area contributed by atoms with Gasteiger partial charge in [-0.2, -0.15) is 0 Å². The van der Waals surface area contributed by atoms with Gasteiger partial charge in [-0.1, -0.05) is 60.7 Å². The number of aryl methyl sites for hydroxylation is 3. The van der Waals surface area contributed by atoms with E-state index in [1.165, 1.54) is 5.56 Å². The van der Waals surface area contributed by atoms with Crippen molar-refractivity contribution in [3.63, 3.8) is 0 Å². The molecule has 0 bridgehead atoms. The van der Waals surface area contributed by atoms with Gasteiger partial charge < -0.3 is 10.4 Å². The summed E-state index contributed by atoms with van der Waals surface area (Å²) in [6, 6.07) is 20.2. The fourth-order valence-electron chi connectivity index (χ4n) is 4.21. The molecule has 1 aliphatic carbocycles. The van der Waals surface area contributed by atoms with Crippen LogP contribution in [0.25, 0.3) is 22.0 Å². The maximum absolute atomic E-state index is 12.7. The Morgan fingerprint density at radius 1 is 0.968 bits per heavy atom. The van der Waals surface area contributed by atoms with Crippen molar-refractivity contribution in [1.29, 1.82) is 0 Å². The van der Waals surface area contributed by atoms with E-state index in [1.807, 2.05) is 49.4 Å². The summed E-state index contributed by atoms with van der Waals surface area (Å²) in [5.74, 6) is 0.427. The summed E-state index contributed by atoms with van der Waals surface area (Å²) in [7, 11) is 0. The first-order valence-electron chi connectivity index (χ1n) is 10.5. The number of nitrogens with one attached hydrogen (secondary N) is 1. The zero-order valence-corrected chi connectivity index (χ0v) is 17.4. The fourth-order valence-corrected chi connectivity index (χ4v) is 4.21. The van der Waals surface area contributed by atoms with Crippen molar-refractivity contribution in [2.45, 2.75) is 32.8 Å². The number of benzene rings is 3. The second-order valence-electron chi connectivity index (χ2n) is 8.01. The first-order valence-corrected chi connectivity index (χ1v) is 10.5. The van der Waals surface area contributed by atoms with E-state index < -0.39 is 0 Å². The lowest BCUT2D eigenvalue weighted by atomic mass is 9.90. The largest absolute Gasteiger partial charge is 0.392 e. The van der Waals surface area contributed by atoms with Crippen molar-refractivity contribution in [3.05, 3.63) is 88.7 Å². The van der Waals surface area contributed by atoms with E-state index >= 15 is 0 Å². The molecule has 0 radical (unpaired) electrons.